The quantitative estimate of drug-likeness (QED) is 0.548. The van der Waals surface area contributed by atoms with E-state index < -0.39 is 6.04 Å². The van der Waals surface area contributed by atoms with E-state index in [1.807, 2.05) is 54.6 Å². The summed E-state index contributed by atoms with van der Waals surface area (Å²) in [4.78, 5) is 15.8. The number of nitrogens with one attached hydrogen (secondary N) is 2. The molecule has 1 atom stereocenters. The van der Waals surface area contributed by atoms with Crippen molar-refractivity contribution in [3.63, 3.8) is 0 Å². The number of ether oxygens (including phenoxy) is 1. The van der Waals surface area contributed by atoms with Crippen molar-refractivity contribution in [2.24, 2.45) is 0 Å². The number of hydrogen-bond acceptors (Lipinski definition) is 4. The molecule has 5 heteroatoms. The maximum absolute atomic E-state index is 13.3. The summed E-state index contributed by atoms with van der Waals surface area (Å²) in [6, 6.07) is 27.9. The molecule has 0 saturated carbocycles. The molecule has 0 unspecified atom stereocenters. The first kappa shape index (κ1) is 22.1. The Labute approximate surface area is 190 Å². The lowest BCUT2D eigenvalue weighted by Crippen LogP contribution is -2.46. The zero-order valence-electron chi connectivity index (χ0n) is 18.5. The van der Waals surface area contributed by atoms with Crippen molar-refractivity contribution in [2.75, 3.05) is 25.5 Å². The van der Waals surface area contributed by atoms with Crippen LogP contribution in [0.5, 0.6) is 5.75 Å². The fourth-order valence-electron chi connectivity index (χ4n) is 4.22. The SMILES string of the molecule is COc1cccc(NC(=O)[C@@H](NC2CCN(Cc3ccccc3)CC2)c2ccccc2)c1. The Bertz CT molecular complexity index is 986. The molecule has 1 heterocycles. The van der Waals surface area contributed by atoms with E-state index >= 15 is 0 Å². The first-order chi connectivity index (χ1) is 15.7. The lowest BCUT2D eigenvalue weighted by Gasteiger charge is -2.34. The molecule has 1 saturated heterocycles. The van der Waals surface area contributed by atoms with Gasteiger partial charge in [0.15, 0.2) is 0 Å². The number of rotatable bonds is 8. The van der Waals surface area contributed by atoms with E-state index in [2.05, 4.69) is 45.9 Å². The Kier molecular flexibility index (Phi) is 7.54. The lowest BCUT2D eigenvalue weighted by molar-refractivity contribution is -0.118. The highest BCUT2D eigenvalue weighted by Gasteiger charge is 2.27. The number of anilines is 1. The van der Waals surface area contributed by atoms with Gasteiger partial charge < -0.3 is 10.1 Å². The molecule has 4 rings (SSSR count). The van der Waals surface area contributed by atoms with Crippen LogP contribution in [0.1, 0.15) is 30.0 Å². The molecule has 0 radical (unpaired) electrons. The van der Waals surface area contributed by atoms with Crippen LogP contribution in [-0.4, -0.2) is 37.0 Å². The van der Waals surface area contributed by atoms with Gasteiger partial charge in [0, 0.05) is 24.3 Å². The smallest absolute Gasteiger partial charge is 0.246 e. The molecule has 5 nitrogen and oxygen atoms in total. The van der Waals surface area contributed by atoms with Crippen LogP contribution < -0.4 is 15.4 Å². The fourth-order valence-corrected chi connectivity index (χ4v) is 4.22. The van der Waals surface area contributed by atoms with E-state index in [1.54, 1.807) is 7.11 Å². The first-order valence-electron chi connectivity index (χ1n) is 11.2. The van der Waals surface area contributed by atoms with Crippen molar-refractivity contribution in [3.8, 4) is 5.75 Å². The van der Waals surface area contributed by atoms with Gasteiger partial charge in [-0.3, -0.25) is 15.0 Å². The normalized spacial score (nSPS) is 15.8. The summed E-state index contributed by atoms with van der Waals surface area (Å²) in [5.41, 5.74) is 3.05. The minimum absolute atomic E-state index is 0.0591. The number of amides is 1. The average molecular weight is 430 g/mol. The highest BCUT2D eigenvalue weighted by molar-refractivity contribution is 5.95. The second kappa shape index (κ2) is 10.9. The third-order valence-electron chi connectivity index (χ3n) is 5.97. The minimum atomic E-state index is -0.409. The monoisotopic (exact) mass is 429 g/mol. The molecule has 166 valence electrons. The van der Waals surface area contributed by atoms with E-state index in [0.717, 1.165) is 49.5 Å². The molecule has 0 bridgehead atoms. The van der Waals surface area contributed by atoms with Crippen molar-refractivity contribution in [2.45, 2.75) is 31.5 Å². The standard InChI is InChI=1S/C27H31N3O2/c1-32-25-14-8-13-24(19-25)29-27(31)26(22-11-6-3-7-12-22)28-23-15-17-30(18-16-23)20-21-9-4-2-5-10-21/h2-14,19,23,26,28H,15-18,20H2,1H3,(H,29,31)/t26-/m0/s1. The van der Waals surface area contributed by atoms with Crippen molar-refractivity contribution in [3.05, 3.63) is 96.1 Å². The Hall–Kier alpha value is -3.15. The van der Waals surface area contributed by atoms with Gasteiger partial charge in [0.25, 0.3) is 0 Å². The molecule has 2 N–H and O–H groups in total. The van der Waals surface area contributed by atoms with Crippen LogP contribution in [0.25, 0.3) is 0 Å². The molecule has 0 spiro atoms. The maximum Gasteiger partial charge on any atom is 0.246 e. The number of likely N-dealkylation sites (tertiary alicyclic amines) is 1. The number of carbonyl (C=O) groups is 1. The topological polar surface area (TPSA) is 53.6 Å². The van der Waals surface area contributed by atoms with Crippen molar-refractivity contribution in [1.29, 1.82) is 0 Å². The van der Waals surface area contributed by atoms with E-state index in [0.29, 0.717) is 6.04 Å². The van der Waals surface area contributed by atoms with E-state index in [-0.39, 0.29) is 5.91 Å². The van der Waals surface area contributed by atoms with Gasteiger partial charge in [-0.2, -0.15) is 0 Å². The van der Waals surface area contributed by atoms with Gasteiger partial charge in [-0.25, -0.2) is 0 Å². The maximum atomic E-state index is 13.3. The summed E-state index contributed by atoms with van der Waals surface area (Å²) in [5.74, 6) is 0.661. The molecule has 1 aliphatic rings. The molecule has 0 aromatic heterocycles. The molecule has 3 aromatic rings. The predicted octanol–water partition coefficient (Wildman–Crippen LogP) is 4.63. The van der Waals surface area contributed by atoms with Crippen LogP contribution in [0.15, 0.2) is 84.9 Å². The number of benzene rings is 3. The highest BCUT2D eigenvalue weighted by atomic mass is 16.5. The van der Waals surface area contributed by atoms with Crippen LogP contribution in [-0.2, 0) is 11.3 Å². The van der Waals surface area contributed by atoms with Crippen LogP contribution in [0.4, 0.5) is 5.69 Å². The van der Waals surface area contributed by atoms with Crippen LogP contribution >= 0.6 is 0 Å². The van der Waals surface area contributed by atoms with Crippen molar-refractivity contribution in [1.82, 2.24) is 10.2 Å². The number of carbonyl (C=O) groups excluding carboxylic acids is 1. The van der Waals surface area contributed by atoms with Gasteiger partial charge in [-0.1, -0.05) is 66.7 Å². The zero-order chi connectivity index (χ0) is 22.2. The van der Waals surface area contributed by atoms with Gasteiger partial charge >= 0.3 is 0 Å². The van der Waals surface area contributed by atoms with Gasteiger partial charge in [-0.05, 0) is 49.2 Å². The van der Waals surface area contributed by atoms with Gasteiger partial charge in [0.05, 0.1) is 7.11 Å². The largest absolute Gasteiger partial charge is 0.497 e. The second-order valence-electron chi connectivity index (χ2n) is 8.27. The first-order valence-corrected chi connectivity index (χ1v) is 11.2. The Balaban J connectivity index is 1.40. The summed E-state index contributed by atoms with van der Waals surface area (Å²) in [6.07, 6.45) is 2.03. The summed E-state index contributed by atoms with van der Waals surface area (Å²) in [7, 11) is 1.62. The predicted molar refractivity (Wildman–Crippen MR) is 129 cm³/mol. The molecule has 3 aromatic carbocycles. The molecule has 1 fully saturated rings. The molecule has 0 aliphatic carbocycles. The summed E-state index contributed by atoms with van der Waals surface area (Å²) in [6.45, 7) is 3.02. The number of methoxy groups -OCH3 is 1. The highest BCUT2D eigenvalue weighted by Crippen LogP contribution is 2.22. The Morgan fingerprint density at radius 1 is 0.969 bits per heavy atom. The summed E-state index contributed by atoms with van der Waals surface area (Å²) >= 11 is 0. The van der Waals surface area contributed by atoms with Crippen molar-refractivity contribution >= 4 is 11.6 Å². The summed E-state index contributed by atoms with van der Waals surface area (Å²) in [5, 5.41) is 6.69. The van der Waals surface area contributed by atoms with Gasteiger partial charge in [0.1, 0.15) is 11.8 Å². The molecule has 32 heavy (non-hydrogen) atoms. The third-order valence-corrected chi connectivity index (χ3v) is 5.97. The Morgan fingerprint density at radius 2 is 1.66 bits per heavy atom. The van der Waals surface area contributed by atoms with Crippen LogP contribution in [0.3, 0.4) is 0 Å². The number of hydrogen-bond donors (Lipinski definition) is 2. The van der Waals surface area contributed by atoms with Crippen LogP contribution in [0, 0.1) is 0 Å². The summed E-state index contributed by atoms with van der Waals surface area (Å²) < 4.78 is 5.28. The van der Waals surface area contributed by atoms with Gasteiger partial charge in [-0.15, -0.1) is 0 Å². The molecular weight excluding hydrogens is 398 g/mol. The Morgan fingerprint density at radius 3 is 2.34 bits per heavy atom. The average Bonchev–Trinajstić information content (AvgIpc) is 2.85. The molecule has 1 aliphatic heterocycles. The van der Waals surface area contributed by atoms with E-state index in [4.69, 9.17) is 4.74 Å². The van der Waals surface area contributed by atoms with Gasteiger partial charge in [0.2, 0.25) is 5.91 Å². The molecule has 1 amide bonds. The molecular formula is C27H31N3O2. The third kappa shape index (κ3) is 5.96. The number of nitrogens with zero attached hydrogens (tertiary/aromatic N) is 1. The van der Waals surface area contributed by atoms with Crippen molar-refractivity contribution < 1.29 is 9.53 Å². The zero-order valence-corrected chi connectivity index (χ0v) is 18.5. The minimum Gasteiger partial charge on any atom is -0.497 e. The fraction of sp³-hybridized carbons (Fsp3) is 0.296. The van der Waals surface area contributed by atoms with E-state index in [1.165, 1.54) is 5.56 Å². The van der Waals surface area contributed by atoms with E-state index in [9.17, 15) is 4.79 Å². The lowest BCUT2D eigenvalue weighted by atomic mass is 9.99. The number of piperidine rings is 1. The second-order valence-corrected chi connectivity index (χ2v) is 8.27. The van der Waals surface area contributed by atoms with Crippen LogP contribution in [0.2, 0.25) is 0 Å².